The Morgan fingerprint density at radius 1 is 0.919 bits per heavy atom. The molecular weight excluding hydrogens is 452 g/mol. The Morgan fingerprint density at radius 3 is 2.32 bits per heavy atom. The summed E-state index contributed by atoms with van der Waals surface area (Å²) in [5.41, 5.74) is 3.37. The molecule has 37 heavy (non-hydrogen) atoms. The van der Waals surface area contributed by atoms with E-state index in [1.54, 1.807) is 0 Å². The highest BCUT2D eigenvalue weighted by molar-refractivity contribution is 6.02. The van der Waals surface area contributed by atoms with Crippen molar-refractivity contribution in [3.8, 4) is 0 Å². The SMILES string of the molecule is C=C[C@H]1C[N+]2(Cc3c4ccccc4cc4ccccc34)CC[C@H]1CC2[C@@H](O)c1ccnc2ccccc12. The Balaban J connectivity index is 1.39. The largest absolute Gasteiger partial charge is 0.382 e. The topological polar surface area (TPSA) is 33.1 Å². The van der Waals surface area contributed by atoms with Gasteiger partial charge in [-0.05, 0) is 51.2 Å². The van der Waals surface area contributed by atoms with E-state index in [2.05, 4.69) is 78.3 Å². The van der Waals surface area contributed by atoms with Gasteiger partial charge in [0.15, 0.2) is 0 Å². The lowest BCUT2D eigenvalue weighted by atomic mass is 9.71. The predicted molar refractivity (Wildman–Crippen MR) is 152 cm³/mol. The highest BCUT2D eigenvalue weighted by atomic mass is 16.3. The molecule has 5 aromatic rings. The van der Waals surface area contributed by atoms with Crippen molar-refractivity contribution in [2.45, 2.75) is 31.5 Å². The van der Waals surface area contributed by atoms with E-state index in [9.17, 15) is 5.11 Å². The van der Waals surface area contributed by atoms with Crippen molar-refractivity contribution in [1.29, 1.82) is 0 Å². The molecule has 8 rings (SSSR count). The zero-order chi connectivity index (χ0) is 25.0. The maximum Gasteiger partial charge on any atom is 0.131 e. The summed E-state index contributed by atoms with van der Waals surface area (Å²) in [7, 11) is 0. The van der Waals surface area contributed by atoms with Gasteiger partial charge >= 0.3 is 0 Å². The second-order valence-corrected chi connectivity index (χ2v) is 11.2. The van der Waals surface area contributed by atoms with E-state index in [1.165, 1.54) is 33.5 Å². The van der Waals surface area contributed by atoms with Crippen LogP contribution in [0.3, 0.4) is 0 Å². The minimum Gasteiger partial charge on any atom is -0.382 e. The first-order valence-corrected chi connectivity index (χ1v) is 13.6. The van der Waals surface area contributed by atoms with Crippen LogP contribution >= 0.6 is 0 Å². The summed E-state index contributed by atoms with van der Waals surface area (Å²) in [4.78, 5) is 4.57. The molecule has 4 heterocycles. The number of hydrogen-bond acceptors (Lipinski definition) is 2. The van der Waals surface area contributed by atoms with Gasteiger partial charge in [0.05, 0.1) is 18.6 Å². The van der Waals surface area contributed by atoms with Gasteiger partial charge in [-0.3, -0.25) is 4.98 Å². The molecule has 1 aromatic heterocycles. The standard InChI is InChI=1S/C34H33N2O/c1-2-23-21-36(22-31-27-11-5-3-9-25(27)19-26-10-4-6-12-28(26)31)18-16-24(23)20-33(36)34(37)30-15-17-35-32-14-8-7-13-29(30)32/h2-15,17,19,23-24,33-34,37H,1,16,18,20-22H2/q+1/t23-,24-,33?,34-,36?/m0/s1. The molecule has 3 aliphatic heterocycles. The maximum absolute atomic E-state index is 12.1. The molecule has 3 saturated heterocycles. The molecule has 2 bridgehead atoms. The molecular formula is C34H33N2O+. The van der Waals surface area contributed by atoms with Crippen LogP contribution in [0.5, 0.6) is 0 Å². The third-order valence-electron chi connectivity index (χ3n) is 9.40. The van der Waals surface area contributed by atoms with Crippen molar-refractivity contribution in [3.05, 3.63) is 115 Å². The second kappa shape index (κ2) is 8.79. The van der Waals surface area contributed by atoms with Crippen molar-refractivity contribution >= 4 is 32.4 Å². The zero-order valence-electron chi connectivity index (χ0n) is 21.1. The summed E-state index contributed by atoms with van der Waals surface area (Å²) in [5, 5.41) is 18.4. The van der Waals surface area contributed by atoms with Gasteiger partial charge in [0.25, 0.3) is 0 Å². The molecule has 0 spiro atoms. The van der Waals surface area contributed by atoms with E-state index in [0.29, 0.717) is 11.8 Å². The molecule has 3 fully saturated rings. The molecule has 4 aromatic carbocycles. The average molecular weight is 486 g/mol. The minimum atomic E-state index is -0.539. The average Bonchev–Trinajstić information content (AvgIpc) is 2.96. The highest BCUT2D eigenvalue weighted by Crippen LogP contribution is 2.49. The lowest BCUT2D eigenvalue weighted by molar-refractivity contribution is -0.984. The molecule has 3 nitrogen and oxygen atoms in total. The summed E-state index contributed by atoms with van der Waals surface area (Å²) < 4.78 is 0.906. The van der Waals surface area contributed by atoms with Crippen molar-refractivity contribution < 1.29 is 9.59 Å². The number of benzene rings is 4. The Kier molecular flexibility index (Phi) is 5.38. The van der Waals surface area contributed by atoms with Crippen LogP contribution in [0.1, 0.15) is 30.1 Å². The molecule has 5 atom stereocenters. The van der Waals surface area contributed by atoms with Gasteiger partial charge in [0.1, 0.15) is 18.7 Å². The zero-order valence-corrected chi connectivity index (χ0v) is 21.1. The number of rotatable bonds is 5. The predicted octanol–water partition coefficient (Wildman–Crippen LogP) is 7.19. The summed E-state index contributed by atoms with van der Waals surface area (Å²) in [6.07, 6.45) is 5.72. The van der Waals surface area contributed by atoms with Crippen LogP contribution in [0.2, 0.25) is 0 Å². The second-order valence-electron chi connectivity index (χ2n) is 11.2. The van der Waals surface area contributed by atoms with Gasteiger partial charge < -0.3 is 9.59 Å². The number of aromatic nitrogens is 1. The monoisotopic (exact) mass is 485 g/mol. The van der Waals surface area contributed by atoms with Gasteiger partial charge in [0.2, 0.25) is 0 Å². The number of piperidine rings is 3. The summed E-state index contributed by atoms with van der Waals surface area (Å²) in [6.45, 7) is 7.28. The third-order valence-corrected chi connectivity index (χ3v) is 9.40. The molecule has 3 aliphatic rings. The molecule has 0 amide bonds. The van der Waals surface area contributed by atoms with Gasteiger partial charge in [-0.1, -0.05) is 72.8 Å². The molecule has 0 saturated carbocycles. The number of pyridine rings is 1. The first-order chi connectivity index (χ1) is 18.2. The molecule has 1 N–H and O–H groups in total. The Bertz CT molecular complexity index is 1580. The van der Waals surface area contributed by atoms with Gasteiger partial charge in [0, 0.05) is 35.9 Å². The van der Waals surface area contributed by atoms with Crippen LogP contribution in [-0.4, -0.2) is 33.7 Å². The number of fused-ring (bicyclic) bond motifs is 6. The first kappa shape index (κ1) is 22.7. The van der Waals surface area contributed by atoms with Crippen LogP contribution in [0.15, 0.2) is 104 Å². The van der Waals surface area contributed by atoms with Gasteiger partial charge in [-0.25, -0.2) is 0 Å². The first-order valence-electron chi connectivity index (χ1n) is 13.6. The fraction of sp³-hybridized carbons (Fsp3) is 0.265. The van der Waals surface area contributed by atoms with E-state index in [0.717, 1.165) is 47.0 Å². The van der Waals surface area contributed by atoms with Crippen molar-refractivity contribution in [2.75, 3.05) is 13.1 Å². The van der Waals surface area contributed by atoms with Crippen LogP contribution in [0.25, 0.3) is 32.4 Å². The van der Waals surface area contributed by atoms with E-state index < -0.39 is 6.10 Å². The summed E-state index contributed by atoms with van der Waals surface area (Å²) in [6, 6.07) is 30.3. The van der Waals surface area contributed by atoms with Crippen molar-refractivity contribution in [1.82, 2.24) is 4.98 Å². The number of para-hydroxylation sites is 1. The number of nitrogens with zero attached hydrogens (tertiary/aromatic N) is 2. The lowest BCUT2D eigenvalue weighted by Crippen LogP contribution is -2.67. The Hall–Kier alpha value is -3.53. The van der Waals surface area contributed by atoms with Crippen molar-refractivity contribution in [2.24, 2.45) is 11.8 Å². The van der Waals surface area contributed by atoms with Crippen molar-refractivity contribution in [3.63, 3.8) is 0 Å². The summed E-state index contributed by atoms with van der Waals surface area (Å²) >= 11 is 0. The Labute approximate surface area is 218 Å². The molecule has 0 aliphatic carbocycles. The van der Waals surface area contributed by atoms with Gasteiger partial charge in [-0.2, -0.15) is 0 Å². The number of hydrogen-bond donors (Lipinski definition) is 1. The maximum atomic E-state index is 12.1. The summed E-state index contributed by atoms with van der Waals surface area (Å²) in [5.74, 6) is 1.09. The van der Waals surface area contributed by atoms with E-state index in [1.807, 2.05) is 30.5 Å². The molecule has 0 radical (unpaired) electrons. The number of aliphatic hydroxyl groups excluding tert-OH is 1. The quantitative estimate of drug-likeness (QED) is 0.162. The Morgan fingerprint density at radius 2 is 1.59 bits per heavy atom. The molecule has 184 valence electrons. The normalized spacial score (nSPS) is 26.0. The molecule has 3 heteroatoms. The van der Waals surface area contributed by atoms with Gasteiger partial charge in [-0.15, -0.1) is 6.58 Å². The minimum absolute atomic E-state index is 0.137. The fourth-order valence-corrected chi connectivity index (χ4v) is 7.56. The van der Waals surface area contributed by atoms with Crippen LogP contribution in [-0.2, 0) is 6.54 Å². The van der Waals surface area contributed by atoms with Crippen LogP contribution < -0.4 is 0 Å². The number of quaternary nitrogens is 1. The molecule has 2 unspecified atom stereocenters. The van der Waals surface area contributed by atoms with Crippen LogP contribution in [0, 0.1) is 11.8 Å². The smallest absolute Gasteiger partial charge is 0.131 e. The highest BCUT2D eigenvalue weighted by Gasteiger charge is 2.54. The van der Waals surface area contributed by atoms with E-state index in [-0.39, 0.29) is 6.04 Å². The third kappa shape index (κ3) is 3.60. The number of aliphatic hydroxyl groups is 1. The van der Waals surface area contributed by atoms with E-state index >= 15 is 0 Å². The van der Waals surface area contributed by atoms with E-state index in [4.69, 9.17) is 0 Å². The lowest BCUT2D eigenvalue weighted by Gasteiger charge is -2.58. The fourth-order valence-electron chi connectivity index (χ4n) is 7.56. The van der Waals surface area contributed by atoms with Crippen LogP contribution in [0.4, 0.5) is 0 Å².